The van der Waals surface area contributed by atoms with Crippen LogP contribution in [0.2, 0.25) is 0 Å². The van der Waals surface area contributed by atoms with Crippen molar-refractivity contribution in [3.05, 3.63) is 105 Å². The molecule has 43 heavy (non-hydrogen) atoms. The lowest BCUT2D eigenvalue weighted by Crippen LogP contribution is -2.54. The van der Waals surface area contributed by atoms with Crippen LogP contribution in [0.3, 0.4) is 0 Å². The minimum Gasteiger partial charge on any atom is -0.347 e. The molecule has 11 nitrogen and oxygen atoms in total. The Hall–Kier alpha value is -4.74. The second kappa shape index (κ2) is 9.65. The fraction of sp³-hybridized carbons (Fsp3) is 0.312. The van der Waals surface area contributed by atoms with E-state index in [1.165, 1.54) is 12.1 Å². The SMILES string of the molecule is Cc1ccc(N2C(=O)[C@H]3C4c5ccccc5C(/C=N\NC(=O)CC5(C)OCCO5)(c5ccccc54)[C@H]3C2=O)c([N+](=O)[O-])c1. The van der Waals surface area contributed by atoms with Crippen LogP contribution in [0, 0.1) is 28.9 Å². The highest BCUT2D eigenvalue weighted by molar-refractivity contribution is 6.25. The summed E-state index contributed by atoms with van der Waals surface area (Å²) in [6, 6.07) is 19.7. The molecule has 218 valence electrons. The molecular weight excluding hydrogens is 552 g/mol. The fourth-order valence-electron chi connectivity index (χ4n) is 7.45. The highest BCUT2D eigenvalue weighted by atomic mass is 16.7. The summed E-state index contributed by atoms with van der Waals surface area (Å²) in [5.41, 5.74) is 4.95. The van der Waals surface area contributed by atoms with Gasteiger partial charge in [-0.3, -0.25) is 24.5 Å². The lowest BCUT2D eigenvalue weighted by molar-refractivity contribution is -0.384. The maximum Gasteiger partial charge on any atom is 0.293 e. The van der Waals surface area contributed by atoms with Gasteiger partial charge >= 0.3 is 0 Å². The Bertz CT molecular complexity index is 1700. The quantitative estimate of drug-likeness (QED) is 0.203. The molecule has 3 amide bonds. The minimum absolute atomic E-state index is 0.0577. The van der Waals surface area contributed by atoms with E-state index in [2.05, 4.69) is 10.5 Å². The first kappa shape index (κ1) is 27.1. The van der Waals surface area contributed by atoms with Crippen molar-refractivity contribution in [2.75, 3.05) is 18.1 Å². The number of amides is 3. The van der Waals surface area contributed by atoms with Crippen LogP contribution in [-0.2, 0) is 29.3 Å². The van der Waals surface area contributed by atoms with Crippen molar-refractivity contribution in [3.8, 4) is 0 Å². The third-order valence-electron chi connectivity index (χ3n) is 9.09. The molecule has 3 aliphatic carbocycles. The summed E-state index contributed by atoms with van der Waals surface area (Å²) in [5.74, 6) is -4.76. The van der Waals surface area contributed by atoms with Crippen LogP contribution in [0.5, 0.6) is 0 Å². The van der Waals surface area contributed by atoms with Crippen molar-refractivity contribution in [2.24, 2.45) is 16.9 Å². The maximum atomic E-state index is 14.5. The number of nitrogens with zero attached hydrogens (tertiary/aromatic N) is 3. The van der Waals surface area contributed by atoms with Crippen LogP contribution < -0.4 is 10.3 Å². The molecule has 2 saturated heterocycles. The molecule has 2 aliphatic heterocycles. The second-order valence-corrected chi connectivity index (χ2v) is 11.6. The topological polar surface area (TPSA) is 140 Å². The summed E-state index contributed by atoms with van der Waals surface area (Å²) < 4.78 is 11.1. The molecule has 3 aromatic rings. The van der Waals surface area contributed by atoms with E-state index in [4.69, 9.17) is 9.47 Å². The van der Waals surface area contributed by atoms with E-state index in [0.29, 0.717) is 18.8 Å². The van der Waals surface area contributed by atoms with Gasteiger partial charge in [0.2, 0.25) is 17.7 Å². The second-order valence-electron chi connectivity index (χ2n) is 11.6. The Balaban J connectivity index is 1.37. The average molecular weight is 581 g/mol. The molecule has 0 unspecified atom stereocenters. The van der Waals surface area contributed by atoms with Crippen molar-refractivity contribution in [1.82, 2.24) is 5.43 Å². The molecule has 11 heteroatoms. The Labute approximate surface area is 246 Å². The van der Waals surface area contributed by atoms with Gasteiger partial charge in [0.25, 0.3) is 5.69 Å². The van der Waals surface area contributed by atoms with Crippen molar-refractivity contribution in [2.45, 2.75) is 37.4 Å². The molecule has 2 heterocycles. The van der Waals surface area contributed by atoms with E-state index in [0.717, 1.165) is 27.2 Å². The molecule has 2 atom stereocenters. The number of nitro benzene ring substituents is 1. The maximum absolute atomic E-state index is 14.5. The smallest absolute Gasteiger partial charge is 0.293 e. The van der Waals surface area contributed by atoms with Gasteiger partial charge in [0.1, 0.15) is 5.69 Å². The molecule has 5 aliphatic rings. The number of carbonyl (C=O) groups is 3. The Morgan fingerprint density at radius 1 is 1.05 bits per heavy atom. The molecule has 3 aromatic carbocycles. The molecule has 0 saturated carbocycles. The third-order valence-corrected chi connectivity index (χ3v) is 9.09. The number of carbonyl (C=O) groups excluding carboxylic acids is 3. The number of hydrogen-bond acceptors (Lipinski definition) is 8. The number of ether oxygens (including phenoxy) is 2. The summed E-state index contributed by atoms with van der Waals surface area (Å²) >= 11 is 0. The van der Waals surface area contributed by atoms with E-state index >= 15 is 0 Å². The summed E-state index contributed by atoms with van der Waals surface area (Å²) in [4.78, 5) is 54.1. The number of anilines is 1. The molecule has 0 aromatic heterocycles. The number of imide groups is 1. The van der Waals surface area contributed by atoms with Gasteiger partial charge in [0, 0.05) is 18.2 Å². The average Bonchev–Trinajstić information content (AvgIpc) is 3.53. The zero-order chi connectivity index (χ0) is 30.1. The first-order chi connectivity index (χ1) is 20.7. The Morgan fingerprint density at radius 2 is 1.67 bits per heavy atom. The van der Waals surface area contributed by atoms with Crippen molar-refractivity contribution in [3.63, 3.8) is 0 Å². The number of aryl methyl sites for hydroxylation is 1. The molecule has 1 N–H and O–H groups in total. The van der Waals surface area contributed by atoms with E-state index in [1.54, 1.807) is 26.1 Å². The first-order valence-corrected chi connectivity index (χ1v) is 14.1. The molecule has 2 fully saturated rings. The minimum atomic E-state index is -1.23. The van der Waals surface area contributed by atoms with Crippen molar-refractivity contribution in [1.29, 1.82) is 0 Å². The zero-order valence-electron chi connectivity index (χ0n) is 23.5. The van der Waals surface area contributed by atoms with Gasteiger partial charge in [-0.1, -0.05) is 54.6 Å². The molecule has 2 bridgehead atoms. The van der Waals surface area contributed by atoms with Crippen LogP contribution >= 0.6 is 0 Å². The van der Waals surface area contributed by atoms with E-state index < -0.39 is 51.6 Å². The van der Waals surface area contributed by atoms with Crippen LogP contribution in [0.1, 0.15) is 47.1 Å². The Kier molecular flexibility index (Phi) is 6.08. The largest absolute Gasteiger partial charge is 0.347 e. The molecule has 0 spiro atoms. The summed E-state index contributed by atoms with van der Waals surface area (Å²) in [6.45, 7) is 4.17. The van der Waals surface area contributed by atoms with E-state index in [1.807, 2.05) is 48.5 Å². The fourth-order valence-corrected chi connectivity index (χ4v) is 7.45. The van der Waals surface area contributed by atoms with E-state index in [-0.39, 0.29) is 17.8 Å². The standard InChI is InChI=1S/C32H28N4O7/c1-18-11-12-23(24(15-18)36(40)41)35-29(38)27-26-19-7-3-5-9-21(19)32(28(27)30(35)39,22-10-6-4-8-20(22)26)17-33-34-25(37)16-31(2)42-13-14-43-31/h3-12,15,17,26-28H,13-14,16H2,1-2H3,(H,34,37)/b33-17-/t26?,27-,28+,32?/m0/s1. The van der Waals surface area contributed by atoms with Gasteiger partial charge in [-0.25, -0.2) is 10.3 Å². The van der Waals surface area contributed by atoms with Gasteiger partial charge in [-0.2, -0.15) is 5.10 Å². The molecule has 8 rings (SSSR count). The normalized spacial score (nSPS) is 26.4. The van der Waals surface area contributed by atoms with Gasteiger partial charge in [0.05, 0.1) is 41.8 Å². The van der Waals surface area contributed by atoms with Gasteiger partial charge in [-0.15, -0.1) is 0 Å². The number of rotatable bonds is 6. The summed E-state index contributed by atoms with van der Waals surface area (Å²) in [7, 11) is 0. The Morgan fingerprint density at radius 3 is 2.30 bits per heavy atom. The number of benzene rings is 3. The van der Waals surface area contributed by atoms with Crippen LogP contribution in [0.25, 0.3) is 0 Å². The lowest BCUT2D eigenvalue weighted by atomic mass is 9.47. The predicted octanol–water partition coefficient (Wildman–Crippen LogP) is 3.71. The monoisotopic (exact) mass is 580 g/mol. The predicted molar refractivity (Wildman–Crippen MR) is 154 cm³/mol. The zero-order valence-corrected chi connectivity index (χ0v) is 23.5. The number of nitro groups is 1. The summed E-state index contributed by atoms with van der Waals surface area (Å²) in [6.07, 6.45) is 1.47. The van der Waals surface area contributed by atoms with Crippen LogP contribution in [0.15, 0.2) is 71.8 Å². The van der Waals surface area contributed by atoms with Crippen LogP contribution in [0.4, 0.5) is 11.4 Å². The lowest BCUT2D eigenvalue weighted by Gasteiger charge is -2.52. The van der Waals surface area contributed by atoms with E-state index in [9.17, 15) is 24.5 Å². The van der Waals surface area contributed by atoms with Gasteiger partial charge in [0.15, 0.2) is 5.79 Å². The van der Waals surface area contributed by atoms with Gasteiger partial charge in [-0.05, 0) is 47.7 Å². The highest BCUT2D eigenvalue weighted by Gasteiger charge is 2.68. The van der Waals surface area contributed by atoms with Gasteiger partial charge < -0.3 is 9.47 Å². The first-order valence-electron chi connectivity index (χ1n) is 14.1. The van der Waals surface area contributed by atoms with Crippen molar-refractivity contribution < 1.29 is 28.8 Å². The third kappa shape index (κ3) is 3.88. The highest BCUT2D eigenvalue weighted by Crippen LogP contribution is 2.64. The number of hydrogen-bond donors (Lipinski definition) is 1. The van der Waals surface area contributed by atoms with Crippen molar-refractivity contribution >= 4 is 35.3 Å². The molecular formula is C32H28N4O7. The number of hydrazone groups is 1. The number of nitrogens with one attached hydrogen (secondary N) is 1. The molecule has 0 radical (unpaired) electrons. The summed E-state index contributed by atoms with van der Waals surface area (Å²) in [5, 5.41) is 16.4. The van der Waals surface area contributed by atoms with Crippen LogP contribution in [-0.4, -0.2) is 47.9 Å².